The average molecular weight is 329 g/mol. The maximum absolute atomic E-state index is 12.2. The van der Waals surface area contributed by atoms with Gasteiger partial charge in [0.05, 0.1) is 11.4 Å². The number of hydrogen-bond acceptors (Lipinski definition) is 4. The number of carbonyl (C=O) groups excluding carboxylic acids is 4. The van der Waals surface area contributed by atoms with Crippen molar-refractivity contribution < 1.29 is 19.2 Å². The van der Waals surface area contributed by atoms with Crippen molar-refractivity contribution in [3.8, 4) is 0 Å². The monoisotopic (exact) mass is 329 g/mol. The van der Waals surface area contributed by atoms with E-state index in [1.165, 1.54) is 0 Å². The van der Waals surface area contributed by atoms with Gasteiger partial charge < -0.3 is 10.2 Å². The molecule has 126 valence electrons. The molecule has 2 saturated heterocycles. The molecule has 0 unspecified atom stereocenters. The van der Waals surface area contributed by atoms with E-state index in [-0.39, 0.29) is 49.4 Å². The fourth-order valence-electron chi connectivity index (χ4n) is 3.02. The van der Waals surface area contributed by atoms with Crippen molar-refractivity contribution in [2.75, 3.05) is 23.3 Å². The van der Waals surface area contributed by atoms with Crippen LogP contribution < -0.4 is 10.2 Å². The summed E-state index contributed by atoms with van der Waals surface area (Å²) in [5, 5.41) is 2.78. The van der Waals surface area contributed by atoms with Gasteiger partial charge in [-0.15, -0.1) is 0 Å². The number of amides is 4. The van der Waals surface area contributed by atoms with Gasteiger partial charge >= 0.3 is 0 Å². The minimum absolute atomic E-state index is 0.0414. The second-order valence-corrected chi connectivity index (χ2v) is 5.90. The fourth-order valence-corrected chi connectivity index (χ4v) is 3.02. The molecule has 0 atom stereocenters. The van der Waals surface area contributed by atoms with E-state index in [1.807, 2.05) is 6.07 Å². The van der Waals surface area contributed by atoms with Crippen molar-refractivity contribution in [3.63, 3.8) is 0 Å². The van der Waals surface area contributed by atoms with E-state index in [9.17, 15) is 19.2 Å². The van der Waals surface area contributed by atoms with E-state index in [2.05, 4.69) is 5.32 Å². The van der Waals surface area contributed by atoms with Crippen LogP contribution in [-0.4, -0.2) is 41.6 Å². The number of rotatable bonds is 5. The molecule has 1 aromatic carbocycles. The Kier molecular flexibility index (Phi) is 4.59. The number of hydrogen-bond donors (Lipinski definition) is 1. The third-order valence-electron chi connectivity index (χ3n) is 4.26. The van der Waals surface area contributed by atoms with E-state index in [0.29, 0.717) is 24.3 Å². The molecule has 0 aliphatic carbocycles. The normalized spacial score (nSPS) is 17.8. The highest BCUT2D eigenvalue weighted by molar-refractivity contribution is 6.04. The van der Waals surface area contributed by atoms with E-state index >= 15 is 0 Å². The topological polar surface area (TPSA) is 86.8 Å². The lowest BCUT2D eigenvalue weighted by Gasteiger charge is -2.20. The van der Waals surface area contributed by atoms with Crippen LogP contribution in [0.2, 0.25) is 0 Å². The first-order chi connectivity index (χ1) is 11.6. The first kappa shape index (κ1) is 16.2. The third kappa shape index (κ3) is 3.29. The van der Waals surface area contributed by atoms with Crippen molar-refractivity contribution in [2.45, 2.75) is 32.1 Å². The lowest BCUT2D eigenvalue weighted by atomic mass is 10.2. The van der Waals surface area contributed by atoms with Crippen molar-refractivity contribution in [1.82, 2.24) is 4.90 Å². The van der Waals surface area contributed by atoms with Crippen molar-refractivity contribution in [2.24, 2.45) is 0 Å². The molecule has 2 fully saturated rings. The van der Waals surface area contributed by atoms with Gasteiger partial charge in [0.15, 0.2) is 0 Å². The zero-order valence-electron chi connectivity index (χ0n) is 13.3. The third-order valence-corrected chi connectivity index (χ3v) is 4.26. The van der Waals surface area contributed by atoms with Crippen LogP contribution in [0.15, 0.2) is 24.3 Å². The molecule has 2 aliphatic heterocycles. The van der Waals surface area contributed by atoms with Gasteiger partial charge in [-0.2, -0.15) is 0 Å². The van der Waals surface area contributed by atoms with Crippen LogP contribution in [0.25, 0.3) is 0 Å². The van der Waals surface area contributed by atoms with Gasteiger partial charge in [-0.3, -0.25) is 24.1 Å². The number of imide groups is 1. The summed E-state index contributed by atoms with van der Waals surface area (Å²) in [7, 11) is 0. The standard InChI is InChI=1S/C17H19N3O4/c21-14(9-11-20-16(23)7-8-17(20)24)18-12-4-1-2-5-13(12)19-10-3-6-15(19)22/h1-2,4-5H,3,6-11H2,(H,18,21). The fraction of sp³-hybridized carbons (Fsp3) is 0.412. The average Bonchev–Trinajstić information content (AvgIpc) is 3.12. The lowest BCUT2D eigenvalue weighted by Crippen LogP contribution is -2.32. The maximum atomic E-state index is 12.2. The molecule has 0 bridgehead atoms. The Morgan fingerprint density at radius 2 is 1.71 bits per heavy atom. The highest BCUT2D eigenvalue weighted by Gasteiger charge is 2.29. The molecule has 24 heavy (non-hydrogen) atoms. The molecule has 0 radical (unpaired) electrons. The van der Waals surface area contributed by atoms with Crippen LogP contribution in [0, 0.1) is 0 Å². The first-order valence-corrected chi connectivity index (χ1v) is 8.08. The highest BCUT2D eigenvalue weighted by atomic mass is 16.2. The highest BCUT2D eigenvalue weighted by Crippen LogP contribution is 2.29. The second kappa shape index (κ2) is 6.82. The van der Waals surface area contributed by atoms with Crippen molar-refractivity contribution in [1.29, 1.82) is 0 Å². The Morgan fingerprint density at radius 1 is 1.00 bits per heavy atom. The number of benzene rings is 1. The van der Waals surface area contributed by atoms with E-state index in [4.69, 9.17) is 0 Å². The molecule has 7 heteroatoms. The number of likely N-dealkylation sites (tertiary alicyclic amines) is 1. The molecular weight excluding hydrogens is 310 g/mol. The predicted molar refractivity (Wildman–Crippen MR) is 87.2 cm³/mol. The first-order valence-electron chi connectivity index (χ1n) is 8.08. The number of para-hydroxylation sites is 2. The van der Waals surface area contributed by atoms with Crippen LogP contribution >= 0.6 is 0 Å². The summed E-state index contributed by atoms with van der Waals surface area (Å²) >= 11 is 0. The van der Waals surface area contributed by atoms with Crippen LogP contribution in [0.4, 0.5) is 11.4 Å². The van der Waals surface area contributed by atoms with E-state index < -0.39 is 0 Å². The predicted octanol–water partition coefficient (Wildman–Crippen LogP) is 1.29. The maximum Gasteiger partial charge on any atom is 0.229 e. The summed E-state index contributed by atoms with van der Waals surface area (Å²) in [5.74, 6) is -0.696. The van der Waals surface area contributed by atoms with Crippen LogP contribution in [0.3, 0.4) is 0 Å². The molecule has 3 rings (SSSR count). The van der Waals surface area contributed by atoms with E-state index in [0.717, 1.165) is 11.3 Å². The van der Waals surface area contributed by atoms with Gasteiger partial charge in [0.25, 0.3) is 0 Å². The lowest BCUT2D eigenvalue weighted by molar-refractivity contribution is -0.138. The summed E-state index contributed by atoms with van der Waals surface area (Å²) in [6, 6.07) is 7.14. The molecule has 1 N–H and O–H groups in total. The molecule has 2 heterocycles. The summed E-state index contributed by atoms with van der Waals surface area (Å²) in [6.45, 7) is 0.733. The number of nitrogens with one attached hydrogen (secondary N) is 1. The molecule has 7 nitrogen and oxygen atoms in total. The molecule has 2 aliphatic rings. The quantitative estimate of drug-likeness (QED) is 0.825. The minimum Gasteiger partial charge on any atom is -0.324 e. The van der Waals surface area contributed by atoms with Crippen molar-refractivity contribution >= 4 is 35.0 Å². The Labute approximate surface area is 139 Å². The van der Waals surface area contributed by atoms with Gasteiger partial charge in [-0.1, -0.05) is 12.1 Å². The largest absolute Gasteiger partial charge is 0.324 e. The Hall–Kier alpha value is -2.70. The molecule has 4 amide bonds. The minimum atomic E-state index is -0.290. The summed E-state index contributed by atoms with van der Waals surface area (Å²) < 4.78 is 0. The zero-order valence-corrected chi connectivity index (χ0v) is 13.3. The van der Waals surface area contributed by atoms with Gasteiger partial charge in [0, 0.05) is 38.8 Å². The number of carbonyl (C=O) groups is 4. The molecule has 0 spiro atoms. The Bertz CT molecular complexity index is 685. The second-order valence-electron chi connectivity index (χ2n) is 5.90. The van der Waals surface area contributed by atoms with Crippen LogP contribution in [0.5, 0.6) is 0 Å². The van der Waals surface area contributed by atoms with Gasteiger partial charge in [-0.05, 0) is 18.6 Å². The summed E-state index contributed by atoms with van der Waals surface area (Å²) in [4.78, 5) is 50.0. The van der Waals surface area contributed by atoms with Gasteiger partial charge in [0.2, 0.25) is 23.6 Å². The number of anilines is 2. The van der Waals surface area contributed by atoms with Gasteiger partial charge in [0.1, 0.15) is 0 Å². The summed E-state index contributed by atoms with van der Waals surface area (Å²) in [6.07, 6.45) is 1.81. The summed E-state index contributed by atoms with van der Waals surface area (Å²) in [5.41, 5.74) is 1.25. The molecular formula is C17H19N3O4. The molecule has 0 aromatic heterocycles. The van der Waals surface area contributed by atoms with E-state index in [1.54, 1.807) is 23.1 Å². The molecule has 0 saturated carbocycles. The number of nitrogens with zero attached hydrogens (tertiary/aromatic N) is 2. The van der Waals surface area contributed by atoms with Crippen LogP contribution in [-0.2, 0) is 19.2 Å². The van der Waals surface area contributed by atoms with Crippen molar-refractivity contribution in [3.05, 3.63) is 24.3 Å². The smallest absolute Gasteiger partial charge is 0.229 e. The zero-order chi connectivity index (χ0) is 17.1. The SMILES string of the molecule is O=C(CCN1C(=O)CCC1=O)Nc1ccccc1N1CCCC1=O. The molecule has 1 aromatic rings. The van der Waals surface area contributed by atoms with Gasteiger partial charge in [-0.25, -0.2) is 0 Å². The van der Waals surface area contributed by atoms with Crippen LogP contribution in [0.1, 0.15) is 32.1 Å². The Morgan fingerprint density at radius 3 is 2.38 bits per heavy atom. The Balaban J connectivity index is 1.63.